The third-order valence-electron chi connectivity index (χ3n) is 2.83. The largest absolute Gasteiger partial charge is 0.368 e. The summed E-state index contributed by atoms with van der Waals surface area (Å²) in [6, 6.07) is 19.8. The van der Waals surface area contributed by atoms with E-state index < -0.39 is 0 Å². The van der Waals surface area contributed by atoms with Gasteiger partial charge >= 0.3 is 0 Å². The molecule has 0 amide bonds. The lowest BCUT2D eigenvalue weighted by Gasteiger charge is -2.07. The Morgan fingerprint density at radius 3 is 2.21 bits per heavy atom. The molecule has 3 rings (SSSR count). The number of nitrogens with one attached hydrogen (secondary N) is 1. The fraction of sp³-hybridized carbons (Fsp3) is 0. The highest BCUT2D eigenvalue weighted by Crippen LogP contribution is 2.19. The van der Waals surface area contributed by atoms with Crippen molar-refractivity contribution in [3.8, 4) is 11.3 Å². The molecule has 3 aromatic rings. The van der Waals surface area contributed by atoms with Gasteiger partial charge in [-0.15, -0.1) is 0 Å². The Morgan fingerprint density at radius 2 is 1.53 bits per heavy atom. The molecule has 3 N–H and O–H groups in total. The van der Waals surface area contributed by atoms with E-state index in [2.05, 4.69) is 10.4 Å². The summed E-state index contributed by atoms with van der Waals surface area (Å²) >= 11 is 0. The summed E-state index contributed by atoms with van der Waals surface area (Å²) in [5.41, 5.74) is 12.0. The van der Waals surface area contributed by atoms with Gasteiger partial charge in [0.25, 0.3) is 0 Å². The summed E-state index contributed by atoms with van der Waals surface area (Å²) in [6.45, 7) is 0. The van der Waals surface area contributed by atoms with Crippen molar-refractivity contribution >= 4 is 11.6 Å². The van der Waals surface area contributed by atoms with Crippen LogP contribution in [0.4, 0.5) is 11.6 Å². The summed E-state index contributed by atoms with van der Waals surface area (Å²) in [4.78, 5) is 4.36. The lowest BCUT2D eigenvalue weighted by molar-refractivity contribution is 0.972. The number of imidazole rings is 1. The molecule has 0 aliphatic rings. The third kappa shape index (κ3) is 2.42. The van der Waals surface area contributed by atoms with Crippen molar-refractivity contribution in [3.05, 3.63) is 66.9 Å². The molecular weight excluding hydrogens is 236 g/mol. The number of nitrogens with zero attached hydrogens (tertiary/aromatic N) is 2. The molecule has 1 heterocycles. The second-order valence-corrected chi connectivity index (χ2v) is 4.20. The quantitative estimate of drug-likeness (QED) is 0.751. The van der Waals surface area contributed by atoms with Crippen LogP contribution in [0, 0.1) is 0 Å². The van der Waals surface area contributed by atoms with Crippen LogP contribution in [0.1, 0.15) is 0 Å². The molecule has 0 aliphatic carbocycles. The zero-order chi connectivity index (χ0) is 13.1. The van der Waals surface area contributed by atoms with Crippen LogP contribution in [0.3, 0.4) is 0 Å². The predicted molar refractivity (Wildman–Crippen MR) is 77.5 cm³/mol. The van der Waals surface area contributed by atoms with Crippen molar-refractivity contribution < 1.29 is 0 Å². The molecule has 0 fully saturated rings. The van der Waals surface area contributed by atoms with Crippen LogP contribution in [0.15, 0.2) is 66.9 Å². The molecule has 0 unspecified atom stereocenters. The van der Waals surface area contributed by atoms with Gasteiger partial charge < -0.3 is 5.73 Å². The molecular formula is C15H14N4. The van der Waals surface area contributed by atoms with Crippen molar-refractivity contribution in [1.29, 1.82) is 0 Å². The first-order valence-electron chi connectivity index (χ1n) is 6.05. The fourth-order valence-electron chi connectivity index (χ4n) is 1.88. The molecule has 0 atom stereocenters. The van der Waals surface area contributed by atoms with E-state index in [1.165, 1.54) is 0 Å². The first kappa shape index (κ1) is 11.3. The van der Waals surface area contributed by atoms with Gasteiger partial charge in [0.1, 0.15) is 0 Å². The molecule has 0 aliphatic heterocycles. The molecule has 4 heteroatoms. The van der Waals surface area contributed by atoms with Gasteiger partial charge in [-0.1, -0.05) is 48.5 Å². The average Bonchev–Trinajstić information content (AvgIpc) is 2.82. The molecule has 0 bridgehead atoms. The standard InChI is InChI=1S/C15H14N4/c16-15-17-14(12-7-3-1-4-8-12)11-19(15)18-13-9-5-2-6-10-13/h1-11,18H,(H2,16,17). The van der Waals surface area contributed by atoms with E-state index in [1.54, 1.807) is 4.68 Å². The smallest absolute Gasteiger partial charge is 0.220 e. The minimum absolute atomic E-state index is 0.433. The highest BCUT2D eigenvalue weighted by atomic mass is 15.5. The number of rotatable bonds is 3. The Labute approximate surface area is 111 Å². The van der Waals surface area contributed by atoms with E-state index in [0.717, 1.165) is 16.9 Å². The van der Waals surface area contributed by atoms with E-state index in [0.29, 0.717) is 5.95 Å². The zero-order valence-electron chi connectivity index (χ0n) is 10.3. The minimum atomic E-state index is 0.433. The SMILES string of the molecule is Nc1nc(-c2ccccc2)cn1Nc1ccccc1. The van der Waals surface area contributed by atoms with Crippen LogP contribution in [0.5, 0.6) is 0 Å². The maximum absolute atomic E-state index is 5.92. The van der Waals surface area contributed by atoms with Crippen LogP contribution < -0.4 is 11.2 Å². The first-order chi connectivity index (χ1) is 9.33. The number of anilines is 2. The third-order valence-corrected chi connectivity index (χ3v) is 2.83. The second-order valence-electron chi connectivity index (χ2n) is 4.20. The van der Waals surface area contributed by atoms with Crippen molar-refractivity contribution in [2.75, 3.05) is 11.2 Å². The Kier molecular flexibility index (Phi) is 2.90. The van der Waals surface area contributed by atoms with Gasteiger partial charge in [0.15, 0.2) is 0 Å². The van der Waals surface area contributed by atoms with Crippen LogP contribution in [0.2, 0.25) is 0 Å². The Hall–Kier alpha value is -2.75. The Balaban J connectivity index is 1.90. The molecule has 0 spiro atoms. The van der Waals surface area contributed by atoms with E-state index in [-0.39, 0.29) is 0 Å². The predicted octanol–water partition coefficient (Wildman–Crippen LogP) is 3.01. The lowest BCUT2D eigenvalue weighted by Crippen LogP contribution is -2.10. The summed E-state index contributed by atoms with van der Waals surface area (Å²) in [5, 5.41) is 0. The van der Waals surface area contributed by atoms with Crippen molar-refractivity contribution in [1.82, 2.24) is 9.66 Å². The Bertz CT molecular complexity index is 659. The summed E-state index contributed by atoms with van der Waals surface area (Å²) in [7, 11) is 0. The molecule has 2 aromatic carbocycles. The topological polar surface area (TPSA) is 55.9 Å². The number of nitrogens with two attached hydrogens (primary N) is 1. The van der Waals surface area contributed by atoms with Gasteiger partial charge in [-0.25, -0.2) is 9.66 Å². The summed E-state index contributed by atoms with van der Waals surface area (Å²) in [6.07, 6.45) is 1.89. The van der Waals surface area contributed by atoms with Gasteiger partial charge in [-0.2, -0.15) is 0 Å². The number of benzene rings is 2. The molecule has 4 nitrogen and oxygen atoms in total. The number of hydrogen-bond acceptors (Lipinski definition) is 3. The average molecular weight is 250 g/mol. The second kappa shape index (κ2) is 4.86. The van der Waals surface area contributed by atoms with Gasteiger partial charge in [-0.3, -0.25) is 5.43 Å². The van der Waals surface area contributed by atoms with Crippen LogP contribution in [0.25, 0.3) is 11.3 Å². The maximum atomic E-state index is 5.92. The number of para-hydroxylation sites is 1. The summed E-state index contributed by atoms with van der Waals surface area (Å²) < 4.78 is 1.72. The maximum Gasteiger partial charge on any atom is 0.220 e. The van der Waals surface area contributed by atoms with Crippen LogP contribution >= 0.6 is 0 Å². The zero-order valence-corrected chi connectivity index (χ0v) is 10.3. The first-order valence-corrected chi connectivity index (χ1v) is 6.05. The molecule has 0 saturated carbocycles. The fourth-order valence-corrected chi connectivity index (χ4v) is 1.88. The van der Waals surface area contributed by atoms with Crippen molar-refractivity contribution in [2.24, 2.45) is 0 Å². The van der Waals surface area contributed by atoms with Gasteiger partial charge in [0.05, 0.1) is 17.6 Å². The number of nitrogen functional groups attached to an aromatic ring is 1. The van der Waals surface area contributed by atoms with Crippen LogP contribution in [-0.4, -0.2) is 9.66 Å². The van der Waals surface area contributed by atoms with Crippen molar-refractivity contribution in [3.63, 3.8) is 0 Å². The van der Waals surface area contributed by atoms with E-state index >= 15 is 0 Å². The normalized spacial score (nSPS) is 10.3. The monoisotopic (exact) mass is 250 g/mol. The number of hydrogen-bond donors (Lipinski definition) is 2. The van der Waals surface area contributed by atoms with Gasteiger partial charge in [0, 0.05) is 5.56 Å². The molecule has 1 aromatic heterocycles. The van der Waals surface area contributed by atoms with Gasteiger partial charge in [-0.05, 0) is 12.1 Å². The summed E-state index contributed by atoms with van der Waals surface area (Å²) in [5.74, 6) is 0.433. The van der Waals surface area contributed by atoms with Crippen molar-refractivity contribution in [2.45, 2.75) is 0 Å². The van der Waals surface area contributed by atoms with E-state index in [1.807, 2.05) is 66.9 Å². The molecule has 94 valence electrons. The Morgan fingerprint density at radius 1 is 0.895 bits per heavy atom. The lowest BCUT2D eigenvalue weighted by atomic mass is 10.2. The van der Waals surface area contributed by atoms with Gasteiger partial charge in [0.2, 0.25) is 5.95 Å². The highest BCUT2D eigenvalue weighted by Gasteiger charge is 2.06. The minimum Gasteiger partial charge on any atom is -0.368 e. The van der Waals surface area contributed by atoms with E-state index in [9.17, 15) is 0 Å². The highest BCUT2D eigenvalue weighted by molar-refractivity contribution is 5.60. The number of aromatic nitrogens is 2. The molecule has 19 heavy (non-hydrogen) atoms. The van der Waals surface area contributed by atoms with Crippen LogP contribution in [-0.2, 0) is 0 Å². The molecule has 0 radical (unpaired) electrons. The van der Waals surface area contributed by atoms with E-state index in [4.69, 9.17) is 5.73 Å². The molecule has 0 saturated heterocycles.